The van der Waals surface area contributed by atoms with Gasteiger partial charge in [-0.15, -0.1) is 0 Å². The number of anilines is 2. The Labute approximate surface area is 102 Å². The zero-order chi connectivity index (χ0) is 13.9. The minimum atomic E-state index is -0.993. The molecule has 0 aliphatic heterocycles. The summed E-state index contributed by atoms with van der Waals surface area (Å²) >= 11 is 0. The van der Waals surface area contributed by atoms with E-state index >= 15 is 0 Å². The SMILES string of the molecule is CC(=O)/C=C(/C)Nc1cc(F)c([N+](=O)[O-])cc1N. The second-order valence-corrected chi connectivity index (χ2v) is 3.71. The van der Waals surface area contributed by atoms with Crippen molar-refractivity contribution in [2.75, 3.05) is 11.1 Å². The number of rotatable bonds is 4. The summed E-state index contributed by atoms with van der Waals surface area (Å²) in [6, 6.07) is 1.85. The number of nitrogens with one attached hydrogen (secondary N) is 1. The van der Waals surface area contributed by atoms with Gasteiger partial charge in [-0.05, 0) is 19.9 Å². The van der Waals surface area contributed by atoms with E-state index in [1.807, 2.05) is 0 Å². The van der Waals surface area contributed by atoms with E-state index in [4.69, 9.17) is 5.73 Å². The lowest BCUT2D eigenvalue weighted by atomic mass is 10.2. The number of benzene rings is 1. The number of nitro benzene ring substituents is 1. The van der Waals surface area contributed by atoms with Gasteiger partial charge in [-0.1, -0.05) is 0 Å². The molecule has 0 unspecified atom stereocenters. The molecule has 96 valence electrons. The molecule has 18 heavy (non-hydrogen) atoms. The monoisotopic (exact) mass is 253 g/mol. The van der Waals surface area contributed by atoms with Gasteiger partial charge >= 0.3 is 5.69 Å². The van der Waals surface area contributed by atoms with Crippen molar-refractivity contribution in [2.45, 2.75) is 13.8 Å². The highest BCUT2D eigenvalue weighted by atomic mass is 19.1. The molecule has 3 N–H and O–H groups in total. The predicted octanol–water partition coefficient (Wildman–Crippen LogP) is 2.22. The normalized spacial score (nSPS) is 11.2. The molecule has 1 rings (SSSR count). The van der Waals surface area contributed by atoms with E-state index in [-0.39, 0.29) is 17.2 Å². The molecule has 0 bridgehead atoms. The molecule has 0 fully saturated rings. The lowest BCUT2D eigenvalue weighted by molar-refractivity contribution is -0.387. The van der Waals surface area contributed by atoms with Crippen LogP contribution in [0.5, 0.6) is 0 Å². The average Bonchev–Trinajstić information content (AvgIpc) is 2.21. The first-order valence-corrected chi connectivity index (χ1v) is 5.00. The first-order valence-electron chi connectivity index (χ1n) is 5.00. The minimum absolute atomic E-state index is 0.0272. The van der Waals surface area contributed by atoms with Crippen molar-refractivity contribution in [2.24, 2.45) is 0 Å². The molecule has 0 saturated heterocycles. The van der Waals surface area contributed by atoms with Gasteiger partial charge in [0.15, 0.2) is 5.78 Å². The Morgan fingerprint density at radius 1 is 1.50 bits per heavy atom. The van der Waals surface area contributed by atoms with Gasteiger partial charge in [0.25, 0.3) is 0 Å². The van der Waals surface area contributed by atoms with Crippen LogP contribution in [0.3, 0.4) is 0 Å². The number of ketones is 1. The van der Waals surface area contributed by atoms with Crippen LogP contribution in [0, 0.1) is 15.9 Å². The van der Waals surface area contributed by atoms with Gasteiger partial charge < -0.3 is 11.1 Å². The van der Waals surface area contributed by atoms with Crippen molar-refractivity contribution < 1.29 is 14.1 Å². The Morgan fingerprint density at radius 3 is 2.61 bits per heavy atom. The summed E-state index contributed by atoms with van der Waals surface area (Å²) in [6.07, 6.45) is 1.30. The van der Waals surface area contributed by atoms with Crippen molar-refractivity contribution in [1.29, 1.82) is 0 Å². The first-order chi connectivity index (χ1) is 8.31. The Balaban J connectivity index is 3.09. The van der Waals surface area contributed by atoms with Gasteiger partial charge in [0, 0.05) is 17.8 Å². The standard InChI is InChI=1S/C11H12FN3O3/c1-6(3-7(2)16)14-10-4-8(12)11(15(17)18)5-9(10)13/h3-5,14H,13H2,1-2H3/b6-3-. The van der Waals surface area contributed by atoms with Gasteiger partial charge in [0.05, 0.1) is 16.3 Å². The third-order valence-corrected chi connectivity index (χ3v) is 2.07. The molecule has 0 aromatic heterocycles. The van der Waals surface area contributed by atoms with Gasteiger partial charge in [0.1, 0.15) is 0 Å². The number of nitro groups is 1. The second kappa shape index (κ2) is 5.26. The molecule has 6 nitrogen and oxygen atoms in total. The van der Waals surface area contributed by atoms with Gasteiger partial charge in [-0.3, -0.25) is 14.9 Å². The number of halogens is 1. The predicted molar refractivity (Wildman–Crippen MR) is 65.5 cm³/mol. The summed E-state index contributed by atoms with van der Waals surface area (Å²) in [5.74, 6) is -1.17. The number of nitrogens with zero attached hydrogens (tertiary/aromatic N) is 1. The maximum absolute atomic E-state index is 13.4. The molecule has 0 aliphatic carbocycles. The summed E-state index contributed by atoms with van der Waals surface area (Å²) < 4.78 is 13.4. The number of carbonyl (C=O) groups is 1. The van der Waals surface area contributed by atoms with Crippen molar-refractivity contribution in [3.05, 3.63) is 39.8 Å². The molecule has 0 spiro atoms. The van der Waals surface area contributed by atoms with Crippen LogP contribution in [0.25, 0.3) is 0 Å². The highest BCUT2D eigenvalue weighted by Gasteiger charge is 2.17. The lowest BCUT2D eigenvalue weighted by Crippen LogP contribution is -2.04. The van der Waals surface area contributed by atoms with Crippen LogP contribution in [0.15, 0.2) is 23.9 Å². The number of hydrogen-bond donors (Lipinski definition) is 2. The first kappa shape index (κ1) is 13.6. The maximum atomic E-state index is 13.4. The Morgan fingerprint density at radius 2 is 2.11 bits per heavy atom. The van der Waals surface area contributed by atoms with E-state index in [0.717, 1.165) is 12.1 Å². The van der Waals surface area contributed by atoms with Gasteiger partial charge in [-0.25, -0.2) is 0 Å². The van der Waals surface area contributed by atoms with E-state index in [0.29, 0.717) is 5.70 Å². The third kappa shape index (κ3) is 3.27. The van der Waals surface area contributed by atoms with Crippen LogP contribution >= 0.6 is 0 Å². The number of allylic oxidation sites excluding steroid dienone is 2. The van der Waals surface area contributed by atoms with Crippen molar-refractivity contribution >= 4 is 22.8 Å². The minimum Gasteiger partial charge on any atom is -0.397 e. The number of nitrogen functional groups attached to an aromatic ring is 1. The smallest absolute Gasteiger partial charge is 0.306 e. The van der Waals surface area contributed by atoms with E-state index in [9.17, 15) is 19.3 Å². The second-order valence-electron chi connectivity index (χ2n) is 3.71. The van der Waals surface area contributed by atoms with Crippen LogP contribution in [-0.4, -0.2) is 10.7 Å². The molecule has 1 aromatic carbocycles. The molecular weight excluding hydrogens is 241 g/mol. The molecule has 7 heteroatoms. The van der Waals surface area contributed by atoms with Gasteiger partial charge in [0.2, 0.25) is 5.82 Å². The largest absolute Gasteiger partial charge is 0.397 e. The zero-order valence-electron chi connectivity index (χ0n) is 9.86. The molecular formula is C11H12FN3O3. The molecule has 0 amide bonds. The van der Waals surface area contributed by atoms with Gasteiger partial charge in [-0.2, -0.15) is 4.39 Å². The molecule has 1 aromatic rings. The Bertz CT molecular complexity index is 541. The number of carbonyl (C=O) groups excluding carboxylic acids is 1. The quantitative estimate of drug-likeness (QED) is 0.371. The highest BCUT2D eigenvalue weighted by Crippen LogP contribution is 2.28. The highest BCUT2D eigenvalue weighted by molar-refractivity contribution is 5.88. The molecule has 0 atom stereocenters. The molecule has 0 radical (unpaired) electrons. The van der Waals surface area contributed by atoms with Crippen molar-refractivity contribution in [3.63, 3.8) is 0 Å². The van der Waals surface area contributed by atoms with Crippen LogP contribution < -0.4 is 11.1 Å². The van der Waals surface area contributed by atoms with Crippen LogP contribution in [0.4, 0.5) is 21.5 Å². The van der Waals surface area contributed by atoms with E-state index < -0.39 is 16.4 Å². The zero-order valence-corrected chi connectivity index (χ0v) is 9.86. The molecule has 0 saturated carbocycles. The lowest BCUT2D eigenvalue weighted by Gasteiger charge is -2.09. The Hall–Kier alpha value is -2.44. The average molecular weight is 253 g/mol. The molecule has 0 heterocycles. The summed E-state index contributed by atoms with van der Waals surface area (Å²) in [5.41, 5.74) is 5.53. The van der Waals surface area contributed by atoms with Crippen molar-refractivity contribution in [3.8, 4) is 0 Å². The van der Waals surface area contributed by atoms with Crippen molar-refractivity contribution in [1.82, 2.24) is 0 Å². The fourth-order valence-corrected chi connectivity index (χ4v) is 1.38. The molecule has 0 aliphatic rings. The van der Waals surface area contributed by atoms with Crippen LogP contribution in [0.2, 0.25) is 0 Å². The van der Waals surface area contributed by atoms with E-state index in [1.54, 1.807) is 6.92 Å². The Kier molecular flexibility index (Phi) is 3.98. The summed E-state index contributed by atoms with van der Waals surface area (Å²) in [6.45, 7) is 2.96. The fraction of sp³-hybridized carbons (Fsp3) is 0.182. The maximum Gasteiger partial charge on any atom is 0.306 e. The summed E-state index contributed by atoms with van der Waals surface area (Å²) in [5, 5.41) is 13.2. The third-order valence-electron chi connectivity index (χ3n) is 2.07. The fourth-order valence-electron chi connectivity index (χ4n) is 1.38. The van der Waals surface area contributed by atoms with Crippen LogP contribution in [0.1, 0.15) is 13.8 Å². The van der Waals surface area contributed by atoms with E-state index in [1.165, 1.54) is 13.0 Å². The topological polar surface area (TPSA) is 98.3 Å². The summed E-state index contributed by atoms with van der Waals surface area (Å²) in [4.78, 5) is 20.5. The van der Waals surface area contributed by atoms with Crippen LogP contribution in [-0.2, 0) is 4.79 Å². The summed E-state index contributed by atoms with van der Waals surface area (Å²) in [7, 11) is 0. The number of nitrogens with two attached hydrogens (primary N) is 1. The number of hydrogen-bond acceptors (Lipinski definition) is 5. The van der Waals surface area contributed by atoms with E-state index in [2.05, 4.69) is 5.32 Å².